The van der Waals surface area contributed by atoms with Crippen LogP contribution in [0.4, 0.5) is 10.5 Å². The molecule has 4 amide bonds. The summed E-state index contributed by atoms with van der Waals surface area (Å²) in [4.78, 5) is 39.2. The van der Waals surface area contributed by atoms with Crippen LogP contribution in [0.15, 0.2) is 36.4 Å². The van der Waals surface area contributed by atoms with Crippen LogP contribution in [0.25, 0.3) is 0 Å². The van der Waals surface area contributed by atoms with Crippen molar-refractivity contribution in [3.05, 3.63) is 42.0 Å². The molecular weight excluding hydrogens is 330 g/mol. The molecule has 136 valence electrons. The fourth-order valence-corrected chi connectivity index (χ4v) is 4.54. The number of urea groups is 1. The second-order valence-corrected chi connectivity index (χ2v) is 7.53. The van der Waals surface area contributed by atoms with Crippen molar-refractivity contribution in [1.29, 1.82) is 0 Å². The van der Waals surface area contributed by atoms with E-state index >= 15 is 0 Å². The molecule has 5 rings (SSSR count). The fourth-order valence-electron chi connectivity index (χ4n) is 4.54. The molecule has 2 N–H and O–H groups in total. The molecule has 1 aliphatic heterocycles. The third kappa shape index (κ3) is 2.69. The molecule has 1 heterocycles. The highest BCUT2D eigenvalue weighted by atomic mass is 16.2. The van der Waals surface area contributed by atoms with E-state index in [-0.39, 0.29) is 35.5 Å². The lowest BCUT2D eigenvalue weighted by atomic mass is 9.63. The molecule has 3 aliphatic carbocycles. The molecule has 0 unspecified atom stereocenters. The summed E-state index contributed by atoms with van der Waals surface area (Å²) in [7, 11) is 0. The quantitative estimate of drug-likeness (QED) is 0.648. The van der Waals surface area contributed by atoms with Gasteiger partial charge in [-0.1, -0.05) is 29.8 Å². The number of allylic oxidation sites excluding steroid dienone is 2. The summed E-state index contributed by atoms with van der Waals surface area (Å²) in [5.41, 5.74) is 1.76. The van der Waals surface area contributed by atoms with Crippen LogP contribution in [0, 0.1) is 30.6 Å². The van der Waals surface area contributed by atoms with Crippen LogP contribution < -0.4 is 10.6 Å². The third-order valence-electron chi connectivity index (χ3n) is 5.83. The van der Waals surface area contributed by atoms with Gasteiger partial charge in [0.1, 0.15) is 6.17 Å². The molecule has 0 spiro atoms. The maximum Gasteiger partial charge on any atom is 0.320 e. The van der Waals surface area contributed by atoms with Gasteiger partial charge in [-0.05, 0) is 50.7 Å². The summed E-state index contributed by atoms with van der Waals surface area (Å²) >= 11 is 0. The minimum atomic E-state index is -0.676. The van der Waals surface area contributed by atoms with E-state index in [1.165, 1.54) is 4.90 Å². The zero-order valence-corrected chi connectivity index (χ0v) is 14.9. The number of imide groups is 1. The van der Waals surface area contributed by atoms with Crippen molar-refractivity contribution in [2.75, 3.05) is 5.32 Å². The standard InChI is InChI=1S/C20H23N3O3/c1-11-3-9-15(10-4-11)22-20(26)21-12(2)23-18(24)16-13-5-6-14(8-7-13)17(16)19(23)25/h3-6,9-10,12-14,16-17H,7-8H2,1-2H3,(H2,21,22,26)/t12-,13-,14-,16-,17+/m0/s1. The number of benzene rings is 1. The van der Waals surface area contributed by atoms with Crippen LogP contribution in [-0.2, 0) is 9.59 Å². The van der Waals surface area contributed by atoms with Gasteiger partial charge in [-0.25, -0.2) is 4.79 Å². The molecule has 6 heteroatoms. The van der Waals surface area contributed by atoms with Crippen molar-refractivity contribution < 1.29 is 14.4 Å². The number of nitrogens with zero attached hydrogens (tertiary/aromatic N) is 1. The highest BCUT2D eigenvalue weighted by molar-refractivity contribution is 6.06. The van der Waals surface area contributed by atoms with Crippen molar-refractivity contribution in [3.63, 3.8) is 0 Å². The molecule has 6 nitrogen and oxygen atoms in total. The second-order valence-electron chi connectivity index (χ2n) is 7.53. The number of rotatable bonds is 3. The predicted octanol–water partition coefficient (Wildman–Crippen LogP) is 2.66. The summed E-state index contributed by atoms with van der Waals surface area (Å²) < 4.78 is 0. The number of fused-ring (bicyclic) bond motifs is 1. The van der Waals surface area contributed by atoms with Crippen molar-refractivity contribution >= 4 is 23.5 Å². The number of likely N-dealkylation sites (tertiary alicyclic amines) is 1. The van der Waals surface area contributed by atoms with Gasteiger partial charge in [0.25, 0.3) is 0 Å². The Morgan fingerprint density at radius 2 is 1.58 bits per heavy atom. The smallest absolute Gasteiger partial charge is 0.317 e. The molecule has 2 bridgehead atoms. The Kier molecular flexibility index (Phi) is 4.05. The van der Waals surface area contributed by atoms with Crippen molar-refractivity contribution in [1.82, 2.24) is 10.2 Å². The highest BCUT2D eigenvalue weighted by Crippen LogP contribution is 2.49. The molecule has 26 heavy (non-hydrogen) atoms. The Labute approximate surface area is 152 Å². The number of anilines is 1. The lowest BCUT2D eigenvalue weighted by molar-refractivity contribution is -0.142. The van der Waals surface area contributed by atoms with Crippen LogP contribution in [-0.4, -0.2) is 28.9 Å². The Morgan fingerprint density at radius 3 is 2.08 bits per heavy atom. The van der Waals surface area contributed by atoms with E-state index in [1.807, 2.05) is 31.2 Å². The zero-order chi connectivity index (χ0) is 18.4. The van der Waals surface area contributed by atoms with Gasteiger partial charge in [0.05, 0.1) is 11.8 Å². The Balaban J connectivity index is 1.44. The van der Waals surface area contributed by atoms with E-state index < -0.39 is 12.2 Å². The second kappa shape index (κ2) is 6.27. The van der Waals surface area contributed by atoms with Crippen LogP contribution in [0.1, 0.15) is 25.3 Å². The molecule has 1 saturated carbocycles. The maximum absolute atomic E-state index is 12.9. The molecule has 1 aromatic rings. The number of hydrogen-bond donors (Lipinski definition) is 2. The van der Waals surface area contributed by atoms with E-state index in [2.05, 4.69) is 22.8 Å². The van der Waals surface area contributed by atoms with Gasteiger partial charge in [0.2, 0.25) is 11.8 Å². The van der Waals surface area contributed by atoms with Gasteiger partial charge in [-0.2, -0.15) is 0 Å². The molecule has 1 aromatic carbocycles. The summed E-state index contributed by atoms with van der Waals surface area (Å²) in [6.45, 7) is 3.65. The first-order valence-corrected chi connectivity index (χ1v) is 9.15. The minimum Gasteiger partial charge on any atom is -0.317 e. The monoisotopic (exact) mass is 353 g/mol. The average Bonchev–Trinajstić information content (AvgIpc) is 2.91. The van der Waals surface area contributed by atoms with Crippen LogP contribution in [0.5, 0.6) is 0 Å². The number of nitrogens with one attached hydrogen (secondary N) is 2. The van der Waals surface area contributed by atoms with Crippen LogP contribution in [0.2, 0.25) is 0 Å². The van der Waals surface area contributed by atoms with Crippen LogP contribution >= 0.6 is 0 Å². The lowest BCUT2D eigenvalue weighted by Crippen LogP contribution is -2.50. The minimum absolute atomic E-state index is 0.151. The van der Waals surface area contributed by atoms with E-state index in [0.717, 1.165) is 18.4 Å². The van der Waals surface area contributed by atoms with Gasteiger partial charge in [-0.3, -0.25) is 14.5 Å². The Hall–Kier alpha value is -2.63. The Bertz CT molecular complexity index is 754. The topological polar surface area (TPSA) is 78.5 Å². The molecule has 2 fully saturated rings. The number of hydrogen-bond acceptors (Lipinski definition) is 3. The largest absolute Gasteiger partial charge is 0.320 e. The van der Waals surface area contributed by atoms with Gasteiger partial charge < -0.3 is 10.6 Å². The summed E-state index contributed by atoms with van der Waals surface area (Å²) in [5.74, 6) is -0.504. The molecule has 5 atom stereocenters. The SMILES string of the molecule is Cc1ccc(NC(=O)N[C@H](C)N2C(=O)[C@@H]3[C@H](C2=O)[C@H]2C=C[C@H]3CC2)cc1. The average molecular weight is 353 g/mol. The molecule has 0 radical (unpaired) electrons. The summed E-state index contributed by atoms with van der Waals surface area (Å²) in [5, 5.41) is 5.45. The van der Waals surface area contributed by atoms with Gasteiger partial charge >= 0.3 is 6.03 Å². The van der Waals surface area contributed by atoms with Gasteiger partial charge in [-0.15, -0.1) is 0 Å². The first-order valence-electron chi connectivity index (χ1n) is 9.15. The first kappa shape index (κ1) is 16.8. The lowest BCUT2D eigenvalue weighted by Gasteiger charge is -2.38. The van der Waals surface area contributed by atoms with E-state index in [4.69, 9.17) is 0 Å². The normalized spacial score (nSPS) is 30.3. The van der Waals surface area contributed by atoms with Crippen molar-refractivity contribution in [2.24, 2.45) is 23.7 Å². The highest BCUT2D eigenvalue weighted by Gasteiger charge is 2.57. The summed E-state index contributed by atoms with van der Waals surface area (Å²) in [6, 6.07) is 6.99. The third-order valence-corrected chi connectivity index (χ3v) is 5.83. The van der Waals surface area contributed by atoms with Crippen molar-refractivity contribution in [3.8, 4) is 0 Å². The Morgan fingerprint density at radius 1 is 1.04 bits per heavy atom. The zero-order valence-electron chi connectivity index (χ0n) is 14.9. The molecular formula is C20H23N3O3. The first-order chi connectivity index (χ1) is 12.5. The van der Waals surface area contributed by atoms with E-state index in [9.17, 15) is 14.4 Å². The summed E-state index contributed by atoms with van der Waals surface area (Å²) in [6.07, 6.45) is 5.43. The van der Waals surface area contributed by atoms with Gasteiger partial charge in [0.15, 0.2) is 0 Å². The fraction of sp³-hybridized carbons (Fsp3) is 0.450. The number of carbonyl (C=O) groups excluding carboxylic acids is 3. The van der Waals surface area contributed by atoms with Crippen molar-refractivity contribution in [2.45, 2.75) is 32.9 Å². The van der Waals surface area contributed by atoms with Gasteiger partial charge in [0, 0.05) is 5.69 Å². The van der Waals surface area contributed by atoms with E-state index in [1.54, 1.807) is 6.92 Å². The molecule has 4 aliphatic rings. The number of aryl methyl sites for hydroxylation is 1. The predicted molar refractivity (Wildman–Crippen MR) is 97.0 cm³/mol. The molecule has 0 aromatic heterocycles. The molecule has 1 saturated heterocycles. The van der Waals surface area contributed by atoms with E-state index in [0.29, 0.717) is 5.69 Å². The van der Waals surface area contributed by atoms with Crippen LogP contribution in [0.3, 0.4) is 0 Å². The number of amides is 4. The number of carbonyl (C=O) groups is 3. The maximum atomic E-state index is 12.9.